The van der Waals surface area contributed by atoms with E-state index < -0.39 is 0 Å². The Morgan fingerprint density at radius 2 is 2.18 bits per heavy atom. The Morgan fingerprint density at radius 3 is 2.45 bits per heavy atom. The van der Waals surface area contributed by atoms with Gasteiger partial charge >= 0.3 is 0 Å². The molecule has 0 rings (SSSR count). The van der Waals surface area contributed by atoms with E-state index in [2.05, 4.69) is 18.2 Å². The van der Waals surface area contributed by atoms with Gasteiger partial charge in [-0.1, -0.05) is 12.8 Å². The van der Waals surface area contributed by atoms with Gasteiger partial charge < -0.3 is 10.1 Å². The van der Waals surface area contributed by atoms with Gasteiger partial charge in [0.1, 0.15) is 0 Å². The first-order chi connectivity index (χ1) is 5.29. The van der Waals surface area contributed by atoms with Gasteiger partial charge in [0, 0.05) is 6.61 Å². The number of ether oxygens (including phenoxy) is 1. The zero-order valence-electron chi connectivity index (χ0n) is 7.55. The Morgan fingerprint density at radius 1 is 1.55 bits per heavy atom. The molecule has 2 atom stereocenters. The fourth-order valence-electron chi connectivity index (χ4n) is 1.04. The normalized spacial score (nSPS) is 15.5. The summed E-state index contributed by atoms with van der Waals surface area (Å²) in [5, 5.41) is 3.03. The van der Waals surface area contributed by atoms with Crippen molar-refractivity contribution >= 4 is 0 Å². The van der Waals surface area contributed by atoms with Gasteiger partial charge in [-0.25, -0.2) is 0 Å². The number of hydrogen-bond donors (Lipinski definition) is 1. The van der Waals surface area contributed by atoms with Gasteiger partial charge in [0.25, 0.3) is 0 Å². The average molecular weight is 155 g/mol. The zero-order chi connectivity index (χ0) is 8.69. The van der Waals surface area contributed by atoms with Crippen LogP contribution in [0.15, 0.2) is 0 Å². The molecule has 0 aromatic carbocycles. The van der Waals surface area contributed by atoms with E-state index >= 15 is 0 Å². The lowest BCUT2D eigenvalue weighted by atomic mass is 10.1. The average Bonchev–Trinajstić information content (AvgIpc) is 2.05. The van der Waals surface area contributed by atoms with E-state index in [1.54, 1.807) is 0 Å². The second kappa shape index (κ2) is 6.21. The molecule has 0 spiro atoms. The van der Waals surface area contributed by atoms with E-state index in [1.807, 2.05) is 14.0 Å². The van der Waals surface area contributed by atoms with Gasteiger partial charge in [-0.15, -0.1) is 6.42 Å². The molecule has 11 heavy (non-hydrogen) atoms. The number of nitrogens with one attached hydrogen (secondary N) is 1. The quantitative estimate of drug-likeness (QED) is 0.599. The lowest BCUT2D eigenvalue weighted by Gasteiger charge is -2.20. The van der Waals surface area contributed by atoms with Crippen LogP contribution < -0.4 is 5.32 Å². The van der Waals surface area contributed by atoms with Crippen molar-refractivity contribution in [3.8, 4) is 12.3 Å². The van der Waals surface area contributed by atoms with Crippen LogP contribution in [-0.2, 0) is 4.74 Å². The third-order valence-electron chi connectivity index (χ3n) is 1.65. The number of terminal acetylenes is 1. The first kappa shape index (κ1) is 10.5. The highest BCUT2D eigenvalue weighted by Gasteiger charge is 2.14. The highest BCUT2D eigenvalue weighted by atomic mass is 16.5. The maximum Gasteiger partial charge on any atom is 0.0950 e. The highest BCUT2D eigenvalue weighted by Crippen LogP contribution is 2.02. The number of rotatable bonds is 5. The van der Waals surface area contributed by atoms with Crippen LogP contribution >= 0.6 is 0 Å². The molecule has 2 heteroatoms. The summed E-state index contributed by atoms with van der Waals surface area (Å²) < 4.78 is 5.43. The Kier molecular flexibility index (Phi) is 5.91. The maximum atomic E-state index is 5.43. The Labute approximate surface area is 69.3 Å². The first-order valence-electron chi connectivity index (χ1n) is 4.05. The SMILES string of the molecule is C#CC(NC)C(CC)OCC. The van der Waals surface area contributed by atoms with Gasteiger partial charge in [0.15, 0.2) is 0 Å². The Hall–Kier alpha value is -0.520. The van der Waals surface area contributed by atoms with Crippen LogP contribution in [0.1, 0.15) is 20.3 Å². The van der Waals surface area contributed by atoms with Crippen molar-refractivity contribution in [3.63, 3.8) is 0 Å². The number of likely N-dealkylation sites (N-methyl/N-ethyl adjacent to an activating group) is 1. The third-order valence-corrected chi connectivity index (χ3v) is 1.65. The van der Waals surface area contributed by atoms with Gasteiger partial charge in [0.05, 0.1) is 12.1 Å². The summed E-state index contributed by atoms with van der Waals surface area (Å²) in [6.45, 7) is 4.77. The predicted molar refractivity (Wildman–Crippen MR) is 47.4 cm³/mol. The van der Waals surface area contributed by atoms with Crippen LogP contribution in [0.3, 0.4) is 0 Å². The molecular formula is C9H17NO. The topological polar surface area (TPSA) is 21.3 Å². The van der Waals surface area contributed by atoms with Gasteiger partial charge in [-0.3, -0.25) is 0 Å². The maximum absolute atomic E-state index is 5.43. The third kappa shape index (κ3) is 3.41. The molecule has 0 aromatic heterocycles. The molecule has 0 amide bonds. The standard InChI is InChI=1S/C9H17NO/c1-5-8(10-4)9(6-2)11-7-3/h1,8-10H,6-7H2,2-4H3. The van der Waals surface area contributed by atoms with Crippen LogP contribution in [0.5, 0.6) is 0 Å². The molecular weight excluding hydrogens is 138 g/mol. The van der Waals surface area contributed by atoms with Crippen molar-refractivity contribution in [3.05, 3.63) is 0 Å². The van der Waals surface area contributed by atoms with Gasteiger partial charge in [-0.2, -0.15) is 0 Å². The fourth-order valence-corrected chi connectivity index (χ4v) is 1.04. The van der Waals surface area contributed by atoms with Crippen LogP contribution in [0.25, 0.3) is 0 Å². The molecule has 0 saturated heterocycles. The van der Waals surface area contributed by atoms with Crippen molar-refractivity contribution in [2.24, 2.45) is 0 Å². The van der Waals surface area contributed by atoms with Crippen molar-refractivity contribution in [1.29, 1.82) is 0 Å². The minimum absolute atomic E-state index is 0.0416. The molecule has 0 radical (unpaired) electrons. The van der Waals surface area contributed by atoms with Crippen molar-refractivity contribution in [2.75, 3.05) is 13.7 Å². The summed E-state index contributed by atoms with van der Waals surface area (Å²) in [5.41, 5.74) is 0. The van der Waals surface area contributed by atoms with Crippen LogP contribution in [0.4, 0.5) is 0 Å². The summed E-state index contributed by atoms with van der Waals surface area (Å²) in [7, 11) is 1.85. The summed E-state index contributed by atoms with van der Waals surface area (Å²) in [6, 6.07) is 0.0416. The van der Waals surface area contributed by atoms with E-state index in [4.69, 9.17) is 11.2 Å². The number of hydrogen-bond acceptors (Lipinski definition) is 2. The van der Waals surface area contributed by atoms with Crippen molar-refractivity contribution < 1.29 is 4.74 Å². The summed E-state index contributed by atoms with van der Waals surface area (Å²) in [4.78, 5) is 0. The Balaban J connectivity index is 3.89. The van der Waals surface area contributed by atoms with Crippen molar-refractivity contribution in [2.45, 2.75) is 32.4 Å². The molecule has 0 fully saturated rings. The van der Waals surface area contributed by atoms with E-state index in [-0.39, 0.29) is 12.1 Å². The highest BCUT2D eigenvalue weighted by molar-refractivity contribution is 5.02. The largest absolute Gasteiger partial charge is 0.376 e. The Bertz CT molecular complexity index is 128. The van der Waals surface area contributed by atoms with Crippen molar-refractivity contribution in [1.82, 2.24) is 5.32 Å². The lowest BCUT2D eigenvalue weighted by Crippen LogP contribution is -2.37. The molecule has 2 nitrogen and oxygen atoms in total. The first-order valence-corrected chi connectivity index (χ1v) is 4.05. The van der Waals surface area contributed by atoms with Crippen LogP contribution in [-0.4, -0.2) is 25.8 Å². The monoisotopic (exact) mass is 155 g/mol. The second-order valence-corrected chi connectivity index (χ2v) is 2.34. The predicted octanol–water partition coefficient (Wildman–Crippen LogP) is 1.02. The molecule has 2 unspecified atom stereocenters. The molecule has 0 aliphatic rings. The molecule has 0 aliphatic heterocycles. The molecule has 0 heterocycles. The summed E-state index contributed by atoms with van der Waals surface area (Å²) >= 11 is 0. The summed E-state index contributed by atoms with van der Waals surface area (Å²) in [6.07, 6.45) is 6.39. The van der Waals surface area contributed by atoms with Crippen LogP contribution in [0, 0.1) is 12.3 Å². The van der Waals surface area contributed by atoms with E-state index in [9.17, 15) is 0 Å². The minimum Gasteiger partial charge on any atom is -0.376 e. The summed E-state index contributed by atoms with van der Waals surface area (Å²) in [5.74, 6) is 2.65. The second-order valence-electron chi connectivity index (χ2n) is 2.34. The lowest BCUT2D eigenvalue weighted by molar-refractivity contribution is 0.0472. The molecule has 0 aliphatic carbocycles. The van der Waals surface area contributed by atoms with Gasteiger partial charge in [-0.05, 0) is 20.4 Å². The molecule has 0 bridgehead atoms. The molecule has 0 aromatic rings. The van der Waals surface area contributed by atoms with Crippen LogP contribution in [0.2, 0.25) is 0 Å². The zero-order valence-corrected chi connectivity index (χ0v) is 7.55. The molecule has 64 valence electrons. The van der Waals surface area contributed by atoms with E-state index in [0.717, 1.165) is 13.0 Å². The molecule has 1 N–H and O–H groups in total. The fraction of sp³-hybridized carbons (Fsp3) is 0.778. The molecule has 0 saturated carbocycles. The smallest absolute Gasteiger partial charge is 0.0950 e. The minimum atomic E-state index is 0.0416. The van der Waals surface area contributed by atoms with E-state index in [1.165, 1.54) is 0 Å². The van der Waals surface area contributed by atoms with Gasteiger partial charge in [0.2, 0.25) is 0 Å². The van der Waals surface area contributed by atoms with E-state index in [0.29, 0.717) is 0 Å².